The average molecular weight is 560 g/mol. The maximum atomic E-state index is 13.2. The number of aromatic nitrogens is 3. The summed E-state index contributed by atoms with van der Waals surface area (Å²) in [4.78, 5) is 17.2. The maximum absolute atomic E-state index is 13.2. The Morgan fingerprint density at radius 2 is 1.68 bits per heavy atom. The van der Waals surface area contributed by atoms with Gasteiger partial charge in [-0.15, -0.1) is 5.10 Å². The molecule has 0 saturated heterocycles. The van der Waals surface area contributed by atoms with Crippen molar-refractivity contribution >= 4 is 38.7 Å². The lowest BCUT2D eigenvalue weighted by atomic mass is 10.00. The molecule has 0 aliphatic rings. The summed E-state index contributed by atoms with van der Waals surface area (Å²) in [5.41, 5.74) is 3.92. The van der Waals surface area contributed by atoms with Gasteiger partial charge in [-0.05, 0) is 66.6 Å². The summed E-state index contributed by atoms with van der Waals surface area (Å²) in [7, 11) is -2.08. The minimum absolute atomic E-state index is 0.0747. The highest BCUT2D eigenvalue weighted by molar-refractivity contribution is 7.90. The van der Waals surface area contributed by atoms with Gasteiger partial charge < -0.3 is 15.4 Å². The molecule has 5 aromatic rings. The van der Waals surface area contributed by atoms with Gasteiger partial charge in [-0.1, -0.05) is 30.3 Å². The second-order valence-corrected chi connectivity index (χ2v) is 11.2. The second-order valence-electron chi connectivity index (χ2n) is 9.23. The first-order valence-corrected chi connectivity index (χ1v) is 14.2. The van der Waals surface area contributed by atoms with Gasteiger partial charge in [-0.3, -0.25) is 4.79 Å². The van der Waals surface area contributed by atoms with Gasteiger partial charge in [0.1, 0.15) is 17.3 Å². The monoisotopic (exact) mass is 559 g/mol. The molecule has 1 atom stereocenters. The molecule has 2 aromatic heterocycles. The molecule has 2 N–H and O–H groups in total. The van der Waals surface area contributed by atoms with Crippen LogP contribution >= 0.6 is 0 Å². The third-order valence-corrected chi connectivity index (χ3v) is 7.56. The molecule has 0 unspecified atom stereocenters. The number of para-hydroxylation sites is 1. The van der Waals surface area contributed by atoms with Gasteiger partial charge in [0.15, 0.2) is 15.5 Å². The number of ether oxygens (including phenoxy) is 1. The molecule has 0 bridgehead atoms. The summed E-state index contributed by atoms with van der Waals surface area (Å²) in [6.45, 7) is 1.77. The van der Waals surface area contributed by atoms with E-state index < -0.39 is 15.8 Å². The van der Waals surface area contributed by atoms with E-state index in [-0.39, 0.29) is 28.3 Å². The normalized spacial score (nSPS) is 12.2. The number of methoxy groups -OCH3 is 1. The first kappa shape index (κ1) is 26.8. The van der Waals surface area contributed by atoms with Crippen LogP contribution in [0.15, 0.2) is 90.0 Å². The smallest absolute Gasteiger partial charge is 0.247 e. The van der Waals surface area contributed by atoms with Gasteiger partial charge in [0.25, 0.3) is 0 Å². The number of hydrogen-bond acceptors (Lipinski definition) is 7. The number of pyridine rings is 1. The van der Waals surface area contributed by atoms with Crippen LogP contribution in [0.3, 0.4) is 0 Å². The zero-order valence-electron chi connectivity index (χ0n) is 21.9. The number of rotatable bonds is 8. The first-order valence-electron chi connectivity index (χ1n) is 12.3. The van der Waals surface area contributed by atoms with Crippen molar-refractivity contribution in [1.29, 1.82) is 0 Å². The molecule has 3 aromatic carbocycles. The zero-order chi connectivity index (χ0) is 28.4. The molecule has 0 aliphatic carbocycles. The van der Waals surface area contributed by atoms with Gasteiger partial charge in [0.05, 0.1) is 17.9 Å². The van der Waals surface area contributed by atoms with Gasteiger partial charge in [0, 0.05) is 23.7 Å². The Bertz CT molecular complexity index is 1800. The van der Waals surface area contributed by atoms with Gasteiger partial charge in [-0.2, -0.15) is 4.98 Å². The Balaban J connectivity index is 1.34. The number of nitrogens with one attached hydrogen (secondary N) is 2. The molecule has 0 fully saturated rings. The number of carbonyl (C=O) groups excluding carboxylic acids is 1. The van der Waals surface area contributed by atoms with E-state index in [4.69, 9.17) is 4.74 Å². The van der Waals surface area contributed by atoms with Crippen LogP contribution in [-0.2, 0) is 14.6 Å². The fourth-order valence-electron chi connectivity index (χ4n) is 4.23. The lowest BCUT2D eigenvalue weighted by molar-refractivity contribution is -0.117. The lowest BCUT2D eigenvalue weighted by Crippen LogP contribution is -2.18. The van der Waals surface area contributed by atoms with Crippen LogP contribution in [0.25, 0.3) is 16.8 Å². The van der Waals surface area contributed by atoms with E-state index in [0.717, 1.165) is 22.9 Å². The number of nitrogens with zero attached hydrogens (tertiary/aromatic N) is 3. The van der Waals surface area contributed by atoms with Crippen molar-refractivity contribution in [2.24, 2.45) is 0 Å². The average Bonchev–Trinajstić information content (AvgIpc) is 3.34. The van der Waals surface area contributed by atoms with E-state index >= 15 is 0 Å². The molecule has 5 rings (SSSR count). The van der Waals surface area contributed by atoms with Gasteiger partial charge in [0.2, 0.25) is 11.9 Å². The molecule has 11 heteroatoms. The van der Waals surface area contributed by atoms with Crippen LogP contribution in [0.1, 0.15) is 18.4 Å². The summed E-state index contributed by atoms with van der Waals surface area (Å²) in [6, 6.07) is 21.7. The minimum atomic E-state index is -3.54. The van der Waals surface area contributed by atoms with E-state index in [1.54, 1.807) is 60.1 Å². The zero-order valence-corrected chi connectivity index (χ0v) is 22.7. The molecule has 204 valence electrons. The molecular formula is C29H26FN5O4S. The summed E-state index contributed by atoms with van der Waals surface area (Å²) in [5.74, 6) is -0.428. The number of fused-ring (bicyclic) bond motifs is 1. The van der Waals surface area contributed by atoms with Crippen molar-refractivity contribution in [2.75, 3.05) is 24.0 Å². The van der Waals surface area contributed by atoms with E-state index in [9.17, 15) is 17.6 Å². The number of amides is 1. The van der Waals surface area contributed by atoms with Crippen molar-refractivity contribution in [2.45, 2.75) is 17.7 Å². The Morgan fingerprint density at radius 3 is 2.35 bits per heavy atom. The predicted octanol–water partition coefficient (Wildman–Crippen LogP) is 5.43. The van der Waals surface area contributed by atoms with Crippen molar-refractivity contribution in [1.82, 2.24) is 14.6 Å². The second kappa shape index (κ2) is 10.8. The first-order chi connectivity index (χ1) is 19.1. The van der Waals surface area contributed by atoms with Crippen LogP contribution in [0, 0.1) is 5.82 Å². The Hall–Kier alpha value is -4.77. The van der Waals surface area contributed by atoms with E-state index in [0.29, 0.717) is 17.1 Å². The maximum Gasteiger partial charge on any atom is 0.247 e. The molecule has 0 spiro atoms. The van der Waals surface area contributed by atoms with Crippen LogP contribution in [0.5, 0.6) is 5.75 Å². The van der Waals surface area contributed by atoms with Crippen LogP contribution < -0.4 is 15.4 Å². The number of hydrogen-bond donors (Lipinski definition) is 2. The highest BCUT2D eigenvalue weighted by Crippen LogP contribution is 2.33. The summed E-state index contributed by atoms with van der Waals surface area (Å²) >= 11 is 0. The van der Waals surface area contributed by atoms with E-state index in [2.05, 4.69) is 20.7 Å². The Morgan fingerprint density at radius 1 is 0.975 bits per heavy atom. The van der Waals surface area contributed by atoms with Gasteiger partial charge >= 0.3 is 0 Å². The highest BCUT2D eigenvalue weighted by atomic mass is 32.2. The number of anilines is 3. The molecule has 1 amide bonds. The van der Waals surface area contributed by atoms with Crippen LogP contribution in [-0.4, -0.2) is 42.3 Å². The number of halogens is 1. The molecule has 2 heterocycles. The predicted molar refractivity (Wildman–Crippen MR) is 151 cm³/mol. The van der Waals surface area contributed by atoms with Crippen molar-refractivity contribution in [3.05, 3.63) is 96.4 Å². The summed E-state index contributed by atoms with van der Waals surface area (Å²) in [5, 5.41) is 10.3. The van der Waals surface area contributed by atoms with Crippen molar-refractivity contribution in [3.8, 4) is 16.9 Å². The number of sulfone groups is 1. The van der Waals surface area contributed by atoms with Crippen LogP contribution in [0.4, 0.5) is 21.7 Å². The summed E-state index contributed by atoms with van der Waals surface area (Å²) < 4.78 is 44.7. The lowest BCUT2D eigenvalue weighted by Gasteiger charge is -2.13. The quantitative estimate of drug-likeness (QED) is 0.260. The molecular weight excluding hydrogens is 533 g/mol. The SMILES string of the molecule is COc1cccc(S(C)(=O)=O)c1Nc1nc2ccc(-c3ccc(NC(=O)[C@H](C)c4ccc(F)cc4)cc3)cn2n1. The number of carbonyl (C=O) groups is 1. The van der Waals surface area contributed by atoms with Gasteiger partial charge in [-0.25, -0.2) is 17.3 Å². The molecule has 40 heavy (non-hydrogen) atoms. The standard InChI is InChI=1S/C29H26FN5O4S/c1-18(19-7-12-22(30)13-8-19)28(36)31-23-14-9-20(10-15-23)21-11-16-26-32-29(34-35(26)17-21)33-27-24(39-2)5-4-6-25(27)40(3,37)38/h4-18H,1-3H3,(H,31,36)(H,33,34)/t18-/m1/s1. The topological polar surface area (TPSA) is 115 Å². The molecule has 9 nitrogen and oxygen atoms in total. The Kier molecular flexibility index (Phi) is 7.22. The molecule has 0 saturated carbocycles. The van der Waals surface area contributed by atoms with Crippen molar-refractivity contribution < 1.29 is 22.3 Å². The third-order valence-electron chi connectivity index (χ3n) is 6.42. The molecule has 0 radical (unpaired) electrons. The third kappa shape index (κ3) is 5.64. The fourth-order valence-corrected chi connectivity index (χ4v) is 5.08. The fraction of sp³-hybridized carbons (Fsp3) is 0.138. The Labute approximate surface area is 230 Å². The minimum Gasteiger partial charge on any atom is -0.495 e. The van der Waals surface area contributed by atoms with Crippen molar-refractivity contribution in [3.63, 3.8) is 0 Å². The number of benzene rings is 3. The van der Waals surface area contributed by atoms with E-state index in [1.807, 2.05) is 18.2 Å². The van der Waals surface area contributed by atoms with E-state index in [1.165, 1.54) is 25.3 Å². The summed E-state index contributed by atoms with van der Waals surface area (Å²) in [6.07, 6.45) is 2.93. The van der Waals surface area contributed by atoms with Crippen LogP contribution in [0.2, 0.25) is 0 Å². The molecule has 0 aliphatic heterocycles. The highest BCUT2D eigenvalue weighted by Gasteiger charge is 2.19. The largest absolute Gasteiger partial charge is 0.495 e.